The molecule has 1 N–H and O–H groups in total. The van der Waals surface area contributed by atoms with Crippen LogP contribution in [0.3, 0.4) is 0 Å². The first kappa shape index (κ1) is 16.4. The summed E-state index contributed by atoms with van der Waals surface area (Å²) in [5.41, 5.74) is 0.504. The Hall–Kier alpha value is -3.09. The van der Waals surface area contributed by atoms with Crippen LogP contribution in [0.2, 0.25) is 0 Å². The molecule has 0 radical (unpaired) electrons. The van der Waals surface area contributed by atoms with E-state index in [9.17, 15) is 14.0 Å². The predicted molar refractivity (Wildman–Crippen MR) is 92.0 cm³/mol. The van der Waals surface area contributed by atoms with Crippen LogP contribution in [-0.4, -0.2) is 41.5 Å². The number of aromatic nitrogens is 1. The van der Waals surface area contributed by atoms with E-state index in [1.165, 1.54) is 13.2 Å². The number of hydrogen-bond acceptors (Lipinski definition) is 5. The van der Waals surface area contributed by atoms with Crippen LogP contribution in [0.25, 0.3) is 0 Å². The topological polar surface area (TPSA) is 80.7 Å². The standard InChI is InChI=1S/C19H16FN3O3/c1-26-18(25)15-17(24)22-16(14-4-2-3-9-21-14)23-19(15)8-7-11-10-12(20)5-6-13(11)19/h2-4,6-10,12,15H,5H2,1H3,(H,22,23,24). The van der Waals surface area contributed by atoms with Crippen molar-refractivity contribution in [1.82, 2.24) is 10.3 Å². The van der Waals surface area contributed by atoms with E-state index in [-0.39, 0.29) is 12.3 Å². The van der Waals surface area contributed by atoms with Gasteiger partial charge in [-0.25, -0.2) is 9.38 Å². The number of amides is 1. The van der Waals surface area contributed by atoms with Crippen LogP contribution < -0.4 is 5.32 Å². The second-order valence-electron chi connectivity index (χ2n) is 6.27. The maximum Gasteiger partial charge on any atom is 0.321 e. The highest BCUT2D eigenvalue weighted by Gasteiger charge is 2.55. The highest BCUT2D eigenvalue weighted by atomic mass is 19.1. The van der Waals surface area contributed by atoms with Crippen molar-refractivity contribution in [2.75, 3.05) is 7.11 Å². The lowest BCUT2D eigenvalue weighted by Crippen LogP contribution is -2.56. The molecule has 0 bridgehead atoms. The van der Waals surface area contributed by atoms with Gasteiger partial charge >= 0.3 is 5.97 Å². The number of ether oxygens (including phenoxy) is 1. The first-order valence-electron chi connectivity index (χ1n) is 8.21. The maximum atomic E-state index is 13.7. The predicted octanol–water partition coefficient (Wildman–Crippen LogP) is 1.65. The maximum absolute atomic E-state index is 13.7. The third kappa shape index (κ3) is 2.39. The summed E-state index contributed by atoms with van der Waals surface area (Å²) in [6.45, 7) is 0. The summed E-state index contributed by atoms with van der Waals surface area (Å²) >= 11 is 0. The van der Waals surface area contributed by atoms with Gasteiger partial charge in [0.1, 0.15) is 17.4 Å². The highest BCUT2D eigenvalue weighted by molar-refractivity contribution is 6.15. The number of fused-ring (bicyclic) bond motifs is 2. The minimum Gasteiger partial charge on any atom is -0.468 e. The first-order valence-corrected chi connectivity index (χ1v) is 8.21. The SMILES string of the molecule is COC(=O)C1C(=O)NC(c2ccccn2)=NC12C=CC1=CC(F)CC=C12. The number of nitrogens with one attached hydrogen (secondary N) is 1. The Morgan fingerprint density at radius 2 is 2.27 bits per heavy atom. The minimum atomic E-state index is -1.26. The Morgan fingerprint density at radius 1 is 1.42 bits per heavy atom. The van der Waals surface area contributed by atoms with Crippen molar-refractivity contribution in [2.24, 2.45) is 10.9 Å². The largest absolute Gasteiger partial charge is 0.468 e. The van der Waals surface area contributed by atoms with Gasteiger partial charge in [0.25, 0.3) is 0 Å². The van der Waals surface area contributed by atoms with Gasteiger partial charge in [0.15, 0.2) is 11.8 Å². The smallest absolute Gasteiger partial charge is 0.321 e. The lowest BCUT2D eigenvalue weighted by Gasteiger charge is -2.37. The Kier molecular flexibility index (Phi) is 3.79. The van der Waals surface area contributed by atoms with Crippen LogP contribution in [0.4, 0.5) is 4.39 Å². The normalized spacial score (nSPS) is 29.5. The molecule has 0 saturated heterocycles. The summed E-state index contributed by atoms with van der Waals surface area (Å²) < 4.78 is 18.6. The number of alkyl halides is 1. The number of allylic oxidation sites excluding steroid dienone is 3. The number of aliphatic imine (C=N–C) groups is 1. The molecule has 3 aliphatic rings. The number of hydrogen-bond donors (Lipinski definition) is 1. The number of carbonyl (C=O) groups excluding carboxylic acids is 2. The average Bonchev–Trinajstić information content (AvgIpc) is 2.99. The fourth-order valence-corrected chi connectivity index (χ4v) is 3.59. The van der Waals surface area contributed by atoms with Crippen LogP contribution >= 0.6 is 0 Å². The van der Waals surface area contributed by atoms with E-state index < -0.39 is 29.5 Å². The fraction of sp³-hybridized carbons (Fsp3) is 0.263. The molecule has 0 fully saturated rings. The third-order valence-corrected chi connectivity index (χ3v) is 4.75. The number of amidine groups is 1. The summed E-state index contributed by atoms with van der Waals surface area (Å²) in [4.78, 5) is 34.1. The van der Waals surface area contributed by atoms with Crippen LogP contribution in [0, 0.1) is 5.92 Å². The van der Waals surface area contributed by atoms with E-state index in [1.54, 1.807) is 42.6 Å². The second-order valence-corrected chi connectivity index (χ2v) is 6.27. The molecule has 3 unspecified atom stereocenters. The lowest BCUT2D eigenvalue weighted by atomic mass is 9.76. The zero-order valence-electron chi connectivity index (χ0n) is 14.0. The van der Waals surface area contributed by atoms with Crippen molar-refractivity contribution in [3.05, 3.63) is 65.5 Å². The molecular weight excluding hydrogens is 337 g/mol. The molecule has 1 aromatic rings. The number of halogens is 1. The molecular formula is C19H16FN3O3. The molecule has 2 heterocycles. The van der Waals surface area contributed by atoms with E-state index >= 15 is 0 Å². The van der Waals surface area contributed by atoms with Gasteiger partial charge in [-0.3, -0.25) is 14.6 Å². The van der Waals surface area contributed by atoms with Crippen molar-refractivity contribution in [2.45, 2.75) is 18.1 Å². The molecule has 1 spiro atoms. The van der Waals surface area contributed by atoms with E-state index in [0.29, 0.717) is 16.8 Å². The Bertz CT molecular complexity index is 904. The molecule has 0 saturated carbocycles. The molecule has 7 heteroatoms. The van der Waals surface area contributed by atoms with Crippen molar-refractivity contribution < 1.29 is 18.7 Å². The quantitative estimate of drug-likeness (QED) is 0.648. The van der Waals surface area contributed by atoms with Crippen LogP contribution in [0.5, 0.6) is 0 Å². The summed E-state index contributed by atoms with van der Waals surface area (Å²) in [7, 11) is 1.23. The van der Waals surface area contributed by atoms with E-state index in [1.807, 2.05) is 0 Å². The number of methoxy groups -OCH3 is 1. The van der Waals surface area contributed by atoms with Gasteiger partial charge in [-0.2, -0.15) is 0 Å². The minimum absolute atomic E-state index is 0.173. The van der Waals surface area contributed by atoms with Crippen LogP contribution in [-0.2, 0) is 14.3 Å². The van der Waals surface area contributed by atoms with Gasteiger partial charge in [-0.15, -0.1) is 0 Å². The molecule has 132 valence electrons. The molecule has 3 atom stereocenters. The molecule has 2 aliphatic carbocycles. The van der Waals surface area contributed by atoms with Gasteiger partial charge in [-0.1, -0.05) is 24.3 Å². The summed E-state index contributed by atoms with van der Waals surface area (Å²) in [5, 5.41) is 2.65. The number of esters is 1. The van der Waals surface area contributed by atoms with E-state index in [0.717, 1.165) is 0 Å². The molecule has 1 amide bonds. The van der Waals surface area contributed by atoms with Crippen molar-refractivity contribution >= 4 is 17.7 Å². The zero-order valence-corrected chi connectivity index (χ0v) is 14.0. The molecule has 1 aliphatic heterocycles. The van der Waals surface area contributed by atoms with Gasteiger partial charge in [0.05, 0.1) is 7.11 Å². The Labute approximate surface area is 149 Å². The van der Waals surface area contributed by atoms with Gasteiger partial charge in [-0.05, 0) is 29.4 Å². The summed E-state index contributed by atoms with van der Waals surface area (Å²) in [5.74, 6) is -2.14. The van der Waals surface area contributed by atoms with E-state index in [4.69, 9.17) is 9.73 Å². The lowest BCUT2D eigenvalue weighted by molar-refractivity contribution is -0.151. The summed E-state index contributed by atoms with van der Waals surface area (Å²) in [6, 6.07) is 5.25. The molecule has 1 aromatic heterocycles. The van der Waals surface area contributed by atoms with Gasteiger partial charge in [0.2, 0.25) is 5.91 Å². The van der Waals surface area contributed by atoms with Crippen LogP contribution in [0.1, 0.15) is 12.1 Å². The van der Waals surface area contributed by atoms with Gasteiger partial charge in [0, 0.05) is 12.6 Å². The van der Waals surface area contributed by atoms with E-state index in [2.05, 4.69) is 10.3 Å². The van der Waals surface area contributed by atoms with Crippen molar-refractivity contribution in [1.29, 1.82) is 0 Å². The molecule has 4 rings (SSSR count). The average molecular weight is 353 g/mol. The monoisotopic (exact) mass is 353 g/mol. The number of carbonyl (C=O) groups is 2. The molecule has 6 nitrogen and oxygen atoms in total. The Morgan fingerprint density at radius 3 is 3.00 bits per heavy atom. The Balaban J connectivity index is 1.90. The number of rotatable bonds is 2. The second kappa shape index (κ2) is 6.01. The molecule has 26 heavy (non-hydrogen) atoms. The van der Waals surface area contributed by atoms with Gasteiger partial charge < -0.3 is 10.1 Å². The van der Waals surface area contributed by atoms with Crippen molar-refractivity contribution in [3.63, 3.8) is 0 Å². The first-order chi connectivity index (χ1) is 12.5. The van der Waals surface area contributed by atoms with Crippen LogP contribution in [0.15, 0.2) is 64.8 Å². The third-order valence-electron chi connectivity index (χ3n) is 4.75. The highest BCUT2D eigenvalue weighted by Crippen LogP contribution is 2.46. The number of pyridine rings is 1. The fourth-order valence-electron chi connectivity index (χ4n) is 3.59. The van der Waals surface area contributed by atoms with Crippen molar-refractivity contribution in [3.8, 4) is 0 Å². The summed E-state index contributed by atoms with van der Waals surface area (Å²) in [6.07, 6.45) is 7.23. The zero-order chi connectivity index (χ0) is 18.3. The number of nitrogens with zero attached hydrogens (tertiary/aromatic N) is 2. The molecule has 0 aromatic carbocycles.